The van der Waals surface area contributed by atoms with Crippen LogP contribution in [0.3, 0.4) is 0 Å². The third kappa shape index (κ3) is 3.81. The number of rotatable bonds is 4. The second kappa shape index (κ2) is 5.95. The third-order valence-corrected chi connectivity index (χ3v) is 3.24. The van der Waals surface area contributed by atoms with Gasteiger partial charge in [-0.3, -0.25) is 10.4 Å². The fourth-order valence-electron chi connectivity index (χ4n) is 2.01. The van der Waals surface area contributed by atoms with Crippen LogP contribution < -0.4 is 10.5 Å². The molecular weight excluding hydrogens is 262 g/mol. The summed E-state index contributed by atoms with van der Waals surface area (Å²) in [5.41, 5.74) is 8.12. The number of amidine groups is 1. The molecule has 0 amide bonds. The van der Waals surface area contributed by atoms with Gasteiger partial charge in [0.2, 0.25) is 0 Å². The summed E-state index contributed by atoms with van der Waals surface area (Å²) in [5.74, 6) is 0.762. The number of hydrogen-bond donors (Lipinski definition) is 2. The Morgan fingerprint density at radius 1 is 1.24 bits per heavy atom. The minimum absolute atomic E-state index is 0.0438. The molecule has 4 nitrogen and oxygen atoms in total. The Kier molecular flexibility index (Phi) is 4.26. The molecule has 0 aliphatic rings. The van der Waals surface area contributed by atoms with Gasteiger partial charge in [-0.2, -0.15) is 0 Å². The van der Waals surface area contributed by atoms with Crippen molar-refractivity contribution in [1.82, 2.24) is 4.98 Å². The van der Waals surface area contributed by atoms with Gasteiger partial charge in [-0.15, -0.1) is 0 Å². The van der Waals surface area contributed by atoms with Gasteiger partial charge < -0.3 is 10.5 Å². The highest BCUT2D eigenvalue weighted by Gasteiger charge is 2.14. The molecule has 0 saturated carbocycles. The maximum absolute atomic E-state index is 7.53. The molecule has 0 radical (unpaired) electrons. The van der Waals surface area contributed by atoms with Gasteiger partial charge in [0.15, 0.2) is 0 Å². The van der Waals surface area contributed by atoms with Crippen molar-refractivity contribution in [2.45, 2.75) is 32.8 Å². The molecule has 2 rings (SSSR count). The van der Waals surface area contributed by atoms with Crippen LogP contribution in [0.15, 0.2) is 42.6 Å². The van der Waals surface area contributed by atoms with E-state index in [0.717, 1.165) is 11.3 Å². The van der Waals surface area contributed by atoms with Crippen LogP contribution in [-0.4, -0.2) is 10.8 Å². The van der Waals surface area contributed by atoms with E-state index in [9.17, 15) is 0 Å². The molecule has 0 aliphatic heterocycles. The zero-order valence-electron chi connectivity index (χ0n) is 12.7. The quantitative estimate of drug-likeness (QED) is 0.668. The Hall–Kier alpha value is -2.36. The Morgan fingerprint density at radius 2 is 2.00 bits per heavy atom. The molecule has 3 N–H and O–H groups in total. The van der Waals surface area contributed by atoms with E-state index in [-0.39, 0.29) is 11.3 Å². The highest BCUT2D eigenvalue weighted by molar-refractivity contribution is 5.94. The van der Waals surface area contributed by atoms with Gasteiger partial charge in [-0.25, -0.2) is 0 Å². The lowest BCUT2D eigenvalue weighted by atomic mass is 9.87. The SMILES string of the molecule is CC(C)(C)c1cccc(OCc2cccnc2C(=N)N)c1. The van der Waals surface area contributed by atoms with Crippen LogP contribution in [0, 0.1) is 5.41 Å². The molecule has 0 atom stereocenters. The highest BCUT2D eigenvalue weighted by Crippen LogP contribution is 2.26. The van der Waals surface area contributed by atoms with E-state index in [1.165, 1.54) is 5.56 Å². The first-order valence-corrected chi connectivity index (χ1v) is 6.89. The highest BCUT2D eigenvalue weighted by atomic mass is 16.5. The molecule has 4 heteroatoms. The van der Waals surface area contributed by atoms with Gasteiger partial charge in [0, 0.05) is 11.8 Å². The van der Waals surface area contributed by atoms with E-state index in [0.29, 0.717) is 12.3 Å². The summed E-state index contributed by atoms with van der Waals surface area (Å²) < 4.78 is 5.83. The first-order valence-electron chi connectivity index (χ1n) is 6.89. The molecule has 0 bridgehead atoms. The maximum Gasteiger partial charge on any atom is 0.142 e. The summed E-state index contributed by atoms with van der Waals surface area (Å²) in [6.45, 7) is 6.85. The van der Waals surface area contributed by atoms with Gasteiger partial charge >= 0.3 is 0 Å². The Balaban J connectivity index is 2.16. The number of nitrogens with two attached hydrogens (primary N) is 1. The first kappa shape index (κ1) is 15.0. The topological polar surface area (TPSA) is 72.0 Å². The Morgan fingerprint density at radius 3 is 2.67 bits per heavy atom. The standard InChI is InChI=1S/C17H21N3O/c1-17(2,3)13-7-4-8-14(10-13)21-11-12-6-5-9-20-15(12)16(18)19/h4-10H,11H2,1-3H3,(H3,18,19). The summed E-state index contributed by atoms with van der Waals surface area (Å²) in [4.78, 5) is 4.12. The van der Waals surface area contributed by atoms with E-state index in [2.05, 4.69) is 31.8 Å². The Bertz CT molecular complexity index is 644. The van der Waals surface area contributed by atoms with E-state index in [4.69, 9.17) is 15.9 Å². The number of nitrogens with one attached hydrogen (secondary N) is 1. The van der Waals surface area contributed by atoms with E-state index < -0.39 is 0 Å². The van der Waals surface area contributed by atoms with Crippen LogP contribution in [0.2, 0.25) is 0 Å². The van der Waals surface area contributed by atoms with Crippen molar-refractivity contribution in [1.29, 1.82) is 5.41 Å². The molecule has 0 fully saturated rings. The molecule has 0 unspecified atom stereocenters. The minimum Gasteiger partial charge on any atom is -0.489 e. The molecule has 0 aliphatic carbocycles. The lowest BCUT2D eigenvalue weighted by Gasteiger charge is -2.20. The molecule has 110 valence electrons. The lowest BCUT2D eigenvalue weighted by molar-refractivity contribution is 0.304. The molecule has 1 heterocycles. The van der Waals surface area contributed by atoms with E-state index in [1.54, 1.807) is 6.20 Å². The van der Waals surface area contributed by atoms with Crippen LogP contribution in [0.25, 0.3) is 0 Å². The van der Waals surface area contributed by atoms with Crippen molar-refractivity contribution in [2.75, 3.05) is 0 Å². The molecule has 21 heavy (non-hydrogen) atoms. The number of hydrogen-bond acceptors (Lipinski definition) is 3. The smallest absolute Gasteiger partial charge is 0.142 e. The fraction of sp³-hybridized carbons (Fsp3) is 0.294. The normalized spacial score (nSPS) is 11.2. The summed E-state index contributed by atoms with van der Waals surface area (Å²) in [5, 5.41) is 7.53. The lowest BCUT2D eigenvalue weighted by Crippen LogP contribution is -2.16. The predicted octanol–water partition coefficient (Wildman–Crippen LogP) is 3.24. The third-order valence-electron chi connectivity index (χ3n) is 3.24. The van der Waals surface area contributed by atoms with Gasteiger partial charge in [0.05, 0.1) is 0 Å². The average molecular weight is 283 g/mol. The predicted molar refractivity (Wildman–Crippen MR) is 84.7 cm³/mol. The molecular formula is C17H21N3O. The molecule has 0 saturated heterocycles. The van der Waals surface area contributed by atoms with Crippen LogP contribution in [0.5, 0.6) is 5.75 Å². The van der Waals surface area contributed by atoms with Crippen LogP contribution in [0.1, 0.15) is 37.6 Å². The summed E-state index contributed by atoms with van der Waals surface area (Å²) in [6.07, 6.45) is 1.63. The monoisotopic (exact) mass is 283 g/mol. The van der Waals surface area contributed by atoms with Crippen molar-refractivity contribution in [3.63, 3.8) is 0 Å². The number of aromatic nitrogens is 1. The Labute approximate surface area is 125 Å². The summed E-state index contributed by atoms with van der Waals surface area (Å²) in [7, 11) is 0. The zero-order valence-corrected chi connectivity index (χ0v) is 12.7. The van der Waals surface area contributed by atoms with E-state index in [1.807, 2.05) is 30.3 Å². The van der Waals surface area contributed by atoms with Gasteiger partial charge in [0.1, 0.15) is 23.9 Å². The molecule has 2 aromatic rings. The molecule has 1 aromatic carbocycles. The van der Waals surface area contributed by atoms with Crippen molar-refractivity contribution in [2.24, 2.45) is 5.73 Å². The van der Waals surface area contributed by atoms with E-state index >= 15 is 0 Å². The second-order valence-corrected chi connectivity index (χ2v) is 5.99. The summed E-state index contributed by atoms with van der Waals surface area (Å²) in [6, 6.07) is 11.7. The number of nitrogens with zero attached hydrogens (tertiary/aromatic N) is 1. The van der Waals surface area contributed by atoms with Crippen LogP contribution >= 0.6 is 0 Å². The largest absolute Gasteiger partial charge is 0.489 e. The zero-order chi connectivity index (χ0) is 15.5. The average Bonchev–Trinajstić information content (AvgIpc) is 2.45. The molecule has 0 spiro atoms. The number of nitrogen functional groups attached to an aromatic ring is 1. The second-order valence-electron chi connectivity index (χ2n) is 5.99. The fourth-order valence-corrected chi connectivity index (χ4v) is 2.01. The van der Waals surface area contributed by atoms with Crippen LogP contribution in [0.4, 0.5) is 0 Å². The number of ether oxygens (including phenoxy) is 1. The number of pyridine rings is 1. The van der Waals surface area contributed by atoms with Gasteiger partial charge in [0.25, 0.3) is 0 Å². The van der Waals surface area contributed by atoms with Crippen molar-refractivity contribution in [3.8, 4) is 5.75 Å². The van der Waals surface area contributed by atoms with Crippen molar-refractivity contribution in [3.05, 3.63) is 59.4 Å². The van der Waals surface area contributed by atoms with Crippen LogP contribution in [-0.2, 0) is 12.0 Å². The molecule has 1 aromatic heterocycles. The van der Waals surface area contributed by atoms with Crippen molar-refractivity contribution >= 4 is 5.84 Å². The van der Waals surface area contributed by atoms with Gasteiger partial charge in [-0.05, 0) is 29.2 Å². The minimum atomic E-state index is -0.0438. The van der Waals surface area contributed by atoms with Crippen molar-refractivity contribution < 1.29 is 4.74 Å². The number of benzene rings is 1. The summed E-state index contributed by atoms with van der Waals surface area (Å²) >= 11 is 0. The van der Waals surface area contributed by atoms with Gasteiger partial charge in [-0.1, -0.05) is 39.0 Å². The maximum atomic E-state index is 7.53. The first-order chi connectivity index (χ1) is 9.88.